The first-order valence-corrected chi connectivity index (χ1v) is 6.01. The highest BCUT2D eigenvalue weighted by molar-refractivity contribution is 5.99. The Hall–Kier alpha value is -1.75. The molecule has 1 aliphatic carbocycles. The standard InChI is InChI=1S/C13H18N2O3/c1-15(7-8-5-9(14)6-8)13(18)12-10(16)3-2-4-11(12)17/h2-4,8-9,16-17H,5-7,14H2,1H3. The van der Waals surface area contributed by atoms with Gasteiger partial charge in [0.25, 0.3) is 5.91 Å². The van der Waals surface area contributed by atoms with Crippen LogP contribution >= 0.6 is 0 Å². The van der Waals surface area contributed by atoms with Gasteiger partial charge in [0.05, 0.1) is 0 Å². The minimum absolute atomic E-state index is 0.0383. The van der Waals surface area contributed by atoms with E-state index < -0.39 is 0 Å². The van der Waals surface area contributed by atoms with Crippen LogP contribution in [0.25, 0.3) is 0 Å². The molecule has 1 fully saturated rings. The van der Waals surface area contributed by atoms with Gasteiger partial charge in [-0.25, -0.2) is 0 Å². The van der Waals surface area contributed by atoms with Crippen molar-refractivity contribution in [1.29, 1.82) is 0 Å². The van der Waals surface area contributed by atoms with Gasteiger partial charge in [0.15, 0.2) is 0 Å². The normalized spacial score (nSPS) is 22.3. The van der Waals surface area contributed by atoms with Crippen molar-refractivity contribution >= 4 is 5.91 Å². The average Bonchev–Trinajstić information content (AvgIpc) is 2.26. The minimum atomic E-state index is -0.369. The molecule has 0 radical (unpaired) electrons. The third-order valence-corrected chi connectivity index (χ3v) is 3.39. The zero-order valence-corrected chi connectivity index (χ0v) is 10.3. The van der Waals surface area contributed by atoms with Gasteiger partial charge in [-0.2, -0.15) is 0 Å². The molecule has 0 atom stereocenters. The van der Waals surface area contributed by atoms with Gasteiger partial charge >= 0.3 is 0 Å². The van der Waals surface area contributed by atoms with Gasteiger partial charge in [0.1, 0.15) is 17.1 Å². The predicted molar refractivity (Wildman–Crippen MR) is 67.4 cm³/mol. The highest BCUT2D eigenvalue weighted by atomic mass is 16.3. The van der Waals surface area contributed by atoms with Gasteiger partial charge in [-0.1, -0.05) is 6.07 Å². The lowest BCUT2D eigenvalue weighted by molar-refractivity contribution is 0.0728. The average molecular weight is 250 g/mol. The van der Waals surface area contributed by atoms with Crippen molar-refractivity contribution in [3.63, 3.8) is 0 Å². The van der Waals surface area contributed by atoms with Crippen LogP contribution in [0.3, 0.4) is 0 Å². The van der Waals surface area contributed by atoms with Crippen LogP contribution in [0, 0.1) is 5.92 Å². The second kappa shape index (κ2) is 4.86. The zero-order chi connectivity index (χ0) is 13.3. The number of carbonyl (C=O) groups is 1. The maximum Gasteiger partial charge on any atom is 0.261 e. The Bertz CT molecular complexity index is 435. The van der Waals surface area contributed by atoms with E-state index in [4.69, 9.17) is 5.73 Å². The number of rotatable bonds is 3. The molecule has 1 amide bonds. The van der Waals surface area contributed by atoms with Crippen LogP contribution in [0.4, 0.5) is 0 Å². The van der Waals surface area contributed by atoms with E-state index in [2.05, 4.69) is 0 Å². The van der Waals surface area contributed by atoms with Crippen LogP contribution < -0.4 is 5.73 Å². The molecule has 1 aliphatic rings. The second-order valence-electron chi connectivity index (χ2n) is 4.95. The highest BCUT2D eigenvalue weighted by Gasteiger charge is 2.29. The fourth-order valence-electron chi connectivity index (χ4n) is 2.34. The van der Waals surface area contributed by atoms with Crippen molar-refractivity contribution in [2.24, 2.45) is 11.7 Å². The Morgan fingerprint density at radius 1 is 1.39 bits per heavy atom. The molecule has 18 heavy (non-hydrogen) atoms. The molecule has 0 aromatic heterocycles. The summed E-state index contributed by atoms with van der Waals surface area (Å²) < 4.78 is 0. The van der Waals surface area contributed by atoms with Crippen molar-refractivity contribution in [1.82, 2.24) is 4.90 Å². The van der Waals surface area contributed by atoms with E-state index in [0.29, 0.717) is 12.5 Å². The molecule has 0 spiro atoms. The van der Waals surface area contributed by atoms with Gasteiger partial charge in [0, 0.05) is 19.6 Å². The molecule has 0 heterocycles. The van der Waals surface area contributed by atoms with Crippen molar-refractivity contribution in [3.05, 3.63) is 23.8 Å². The quantitative estimate of drug-likeness (QED) is 0.744. The fraction of sp³-hybridized carbons (Fsp3) is 0.462. The first kappa shape index (κ1) is 12.7. The van der Waals surface area contributed by atoms with E-state index in [1.807, 2.05) is 0 Å². The molecule has 98 valence electrons. The molecule has 0 bridgehead atoms. The largest absolute Gasteiger partial charge is 0.507 e. The number of phenolic OH excluding ortho intramolecular Hbond substituents is 2. The lowest BCUT2D eigenvalue weighted by Gasteiger charge is -2.35. The van der Waals surface area contributed by atoms with Gasteiger partial charge in [-0.3, -0.25) is 4.79 Å². The molecule has 5 nitrogen and oxygen atoms in total. The fourth-order valence-corrected chi connectivity index (χ4v) is 2.34. The SMILES string of the molecule is CN(CC1CC(N)C1)C(=O)c1c(O)cccc1O. The third kappa shape index (κ3) is 2.41. The Balaban J connectivity index is 2.06. The van der Waals surface area contributed by atoms with Crippen LogP contribution in [-0.4, -0.2) is 40.7 Å². The number of phenols is 2. The summed E-state index contributed by atoms with van der Waals surface area (Å²) >= 11 is 0. The van der Waals surface area contributed by atoms with E-state index in [1.165, 1.54) is 23.1 Å². The summed E-state index contributed by atoms with van der Waals surface area (Å²) in [7, 11) is 1.66. The lowest BCUT2D eigenvalue weighted by atomic mass is 9.80. The number of nitrogens with two attached hydrogens (primary N) is 1. The number of amides is 1. The van der Waals surface area contributed by atoms with E-state index in [-0.39, 0.29) is 29.0 Å². The van der Waals surface area contributed by atoms with Gasteiger partial charge in [-0.15, -0.1) is 0 Å². The monoisotopic (exact) mass is 250 g/mol. The molecule has 0 unspecified atom stereocenters. The molecule has 1 aromatic rings. The Kier molecular flexibility index (Phi) is 3.43. The van der Waals surface area contributed by atoms with Crippen molar-refractivity contribution in [2.75, 3.05) is 13.6 Å². The summed E-state index contributed by atoms with van der Waals surface area (Å²) in [6, 6.07) is 4.52. The lowest BCUT2D eigenvalue weighted by Crippen LogP contribution is -2.43. The summed E-state index contributed by atoms with van der Waals surface area (Å²) in [4.78, 5) is 13.6. The number of carbonyl (C=O) groups excluding carboxylic acids is 1. The summed E-state index contributed by atoms with van der Waals surface area (Å²) in [5.74, 6) is -0.345. The van der Waals surface area contributed by atoms with Crippen LogP contribution in [0.5, 0.6) is 11.5 Å². The Labute approximate surface area is 106 Å². The highest BCUT2D eigenvalue weighted by Crippen LogP contribution is 2.30. The number of aromatic hydroxyl groups is 2. The topological polar surface area (TPSA) is 86.8 Å². The van der Waals surface area contributed by atoms with E-state index in [1.54, 1.807) is 7.05 Å². The summed E-state index contributed by atoms with van der Waals surface area (Å²) in [6.07, 6.45) is 1.84. The maximum atomic E-state index is 12.1. The molecule has 1 aromatic carbocycles. The Morgan fingerprint density at radius 3 is 2.44 bits per heavy atom. The number of hydrogen-bond donors (Lipinski definition) is 3. The van der Waals surface area contributed by atoms with Crippen molar-refractivity contribution in [3.8, 4) is 11.5 Å². The molecule has 0 aliphatic heterocycles. The first-order chi connectivity index (χ1) is 8.49. The van der Waals surface area contributed by atoms with Crippen molar-refractivity contribution < 1.29 is 15.0 Å². The second-order valence-corrected chi connectivity index (χ2v) is 4.95. The Morgan fingerprint density at radius 2 is 1.94 bits per heavy atom. The van der Waals surface area contributed by atoms with Crippen LogP contribution in [0.15, 0.2) is 18.2 Å². The van der Waals surface area contributed by atoms with Crippen LogP contribution in [0.1, 0.15) is 23.2 Å². The summed E-state index contributed by atoms with van der Waals surface area (Å²) in [6.45, 7) is 0.598. The summed E-state index contributed by atoms with van der Waals surface area (Å²) in [5.41, 5.74) is 5.66. The van der Waals surface area contributed by atoms with Gasteiger partial charge in [-0.05, 0) is 30.9 Å². The maximum absolute atomic E-state index is 12.1. The van der Waals surface area contributed by atoms with E-state index >= 15 is 0 Å². The molecule has 4 N–H and O–H groups in total. The van der Waals surface area contributed by atoms with E-state index in [9.17, 15) is 15.0 Å². The summed E-state index contributed by atoms with van der Waals surface area (Å²) in [5, 5.41) is 19.3. The smallest absolute Gasteiger partial charge is 0.261 e. The zero-order valence-electron chi connectivity index (χ0n) is 10.3. The molecule has 5 heteroatoms. The van der Waals surface area contributed by atoms with E-state index in [0.717, 1.165) is 12.8 Å². The molecule has 2 rings (SSSR count). The van der Waals surface area contributed by atoms with Crippen LogP contribution in [0.2, 0.25) is 0 Å². The molecule has 0 saturated heterocycles. The third-order valence-electron chi connectivity index (χ3n) is 3.39. The number of nitrogens with zero attached hydrogens (tertiary/aromatic N) is 1. The molecular formula is C13H18N2O3. The van der Waals surface area contributed by atoms with Crippen molar-refractivity contribution in [2.45, 2.75) is 18.9 Å². The number of benzene rings is 1. The number of hydrogen-bond acceptors (Lipinski definition) is 4. The van der Waals surface area contributed by atoms with Gasteiger partial charge < -0.3 is 20.8 Å². The molecule has 1 saturated carbocycles. The minimum Gasteiger partial charge on any atom is -0.507 e. The molecular weight excluding hydrogens is 232 g/mol. The first-order valence-electron chi connectivity index (χ1n) is 6.01. The predicted octanol–water partition coefficient (Wildman–Crippen LogP) is 0.907. The van der Waals surface area contributed by atoms with Crippen LogP contribution in [-0.2, 0) is 0 Å². The van der Waals surface area contributed by atoms with Gasteiger partial charge in [0.2, 0.25) is 0 Å².